The highest BCUT2D eigenvalue weighted by molar-refractivity contribution is 5.35. The minimum Gasteiger partial charge on any atom is -0.496 e. The molecule has 1 aliphatic heterocycles. The Morgan fingerprint density at radius 2 is 2.15 bits per heavy atom. The minimum absolute atomic E-state index is 0.177. The molecule has 0 saturated carbocycles. The molecular formula is C20H27FN4O. The van der Waals surface area contributed by atoms with Gasteiger partial charge in [0.05, 0.1) is 18.8 Å². The normalized spacial score (nSPS) is 17.8. The highest BCUT2D eigenvalue weighted by Gasteiger charge is 2.30. The molecule has 5 nitrogen and oxygen atoms in total. The van der Waals surface area contributed by atoms with Gasteiger partial charge in [0.15, 0.2) is 0 Å². The summed E-state index contributed by atoms with van der Waals surface area (Å²) in [6.45, 7) is 4.16. The predicted molar refractivity (Wildman–Crippen MR) is 99.5 cm³/mol. The van der Waals surface area contributed by atoms with Gasteiger partial charge in [-0.05, 0) is 52.5 Å². The van der Waals surface area contributed by atoms with E-state index in [9.17, 15) is 4.39 Å². The Labute approximate surface area is 154 Å². The monoisotopic (exact) mass is 358 g/mol. The Morgan fingerprint density at radius 1 is 1.35 bits per heavy atom. The maximum Gasteiger partial charge on any atom is 0.131 e. The standard InChI is InChI=1S/C20H27FN4O/c1-14-22-11-15(12-24(2)3)20(23-14)18-8-6-10-25(18)13-16-17(21)7-5-9-19(16)26-4/h5,7,9,11,18H,6,8,10,12-13H2,1-4H3. The second-order valence-electron chi connectivity index (χ2n) is 7.11. The fraction of sp³-hybridized carbons (Fsp3) is 0.500. The summed E-state index contributed by atoms with van der Waals surface area (Å²) < 4.78 is 19.8. The van der Waals surface area contributed by atoms with Crippen LogP contribution in [0.1, 0.15) is 41.5 Å². The van der Waals surface area contributed by atoms with Crippen LogP contribution in [-0.2, 0) is 13.1 Å². The van der Waals surface area contributed by atoms with Gasteiger partial charge in [0, 0.05) is 30.4 Å². The predicted octanol–water partition coefficient (Wildman–Crippen LogP) is 3.33. The van der Waals surface area contributed by atoms with Crippen molar-refractivity contribution >= 4 is 0 Å². The van der Waals surface area contributed by atoms with Crippen molar-refractivity contribution in [3.05, 3.63) is 52.9 Å². The molecule has 0 aliphatic carbocycles. The summed E-state index contributed by atoms with van der Waals surface area (Å²) in [5.74, 6) is 1.16. The maximum absolute atomic E-state index is 14.4. The van der Waals surface area contributed by atoms with Crippen LogP contribution in [-0.4, -0.2) is 47.5 Å². The van der Waals surface area contributed by atoms with Gasteiger partial charge < -0.3 is 9.64 Å². The Bertz CT molecular complexity index is 765. The van der Waals surface area contributed by atoms with Gasteiger partial charge in [-0.15, -0.1) is 0 Å². The van der Waals surface area contributed by atoms with Crippen molar-refractivity contribution in [2.75, 3.05) is 27.7 Å². The van der Waals surface area contributed by atoms with Gasteiger partial charge in [-0.3, -0.25) is 4.90 Å². The topological polar surface area (TPSA) is 41.5 Å². The largest absolute Gasteiger partial charge is 0.496 e. The van der Waals surface area contributed by atoms with Gasteiger partial charge >= 0.3 is 0 Å². The van der Waals surface area contributed by atoms with Crippen molar-refractivity contribution in [1.29, 1.82) is 0 Å². The number of rotatable bonds is 6. The van der Waals surface area contributed by atoms with Gasteiger partial charge in [-0.1, -0.05) is 6.07 Å². The third-order valence-corrected chi connectivity index (χ3v) is 4.84. The second-order valence-corrected chi connectivity index (χ2v) is 7.11. The van der Waals surface area contributed by atoms with Gasteiger partial charge in [0.2, 0.25) is 0 Å². The van der Waals surface area contributed by atoms with Gasteiger partial charge in [0.25, 0.3) is 0 Å². The number of halogens is 1. The first kappa shape index (κ1) is 18.7. The van der Waals surface area contributed by atoms with Crippen LogP contribution in [0, 0.1) is 12.7 Å². The van der Waals surface area contributed by atoms with E-state index in [1.54, 1.807) is 13.2 Å². The van der Waals surface area contributed by atoms with Gasteiger partial charge in [-0.25, -0.2) is 14.4 Å². The Kier molecular flexibility index (Phi) is 5.84. The number of aryl methyl sites for hydroxylation is 1. The minimum atomic E-state index is -0.220. The Morgan fingerprint density at radius 3 is 2.88 bits per heavy atom. The van der Waals surface area contributed by atoms with Crippen LogP contribution in [0.25, 0.3) is 0 Å². The summed E-state index contributed by atoms with van der Waals surface area (Å²) in [6.07, 6.45) is 4.03. The summed E-state index contributed by atoms with van der Waals surface area (Å²) in [4.78, 5) is 13.6. The molecule has 26 heavy (non-hydrogen) atoms. The van der Waals surface area contributed by atoms with E-state index < -0.39 is 0 Å². The molecule has 1 aliphatic rings. The molecule has 1 fully saturated rings. The number of hydrogen-bond acceptors (Lipinski definition) is 5. The Hall–Kier alpha value is -2.05. The number of methoxy groups -OCH3 is 1. The summed E-state index contributed by atoms with van der Waals surface area (Å²) >= 11 is 0. The number of ether oxygens (including phenoxy) is 1. The lowest BCUT2D eigenvalue weighted by Gasteiger charge is -2.27. The van der Waals surface area contributed by atoms with Crippen LogP contribution in [0.15, 0.2) is 24.4 Å². The molecular weight excluding hydrogens is 331 g/mol. The molecule has 2 aromatic rings. The van der Waals surface area contributed by atoms with E-state index in [2.05, 4.69) is 14.8 Å². The maximum atomic E-state index is 14.4. The zero-order valence-corrected chi connectivity index (χ0v) is 16.0. The first-order chi connectivity index (χ1) is 12.5. The fourth-order valence-corrected chi connectivity index (χ4v) is 3.68. The SMILES string of the molecule is COc1cccc(F)c1CN1CCCC1c1nc(C)ncc1CN(C)C. The molecule has 0 amide bonds. The molecule has 1 unspecified atom stereocenters. The molecule has 0 bridgehead atoms. The lowest BCUT2D eigenvalue weighted by Crippen LogP contribution is -2.26. The quantitative estimate of drug-likeness (QED) is 0.792. The third-order valence-electron chi connectivity index (χ3n) is 4.84. The van der Waals surface area contributed by atoms with E-state index in [-0.39, 0.29) is 11.9 Å². The fourth-order valence-electron chi connectivity index (χ4n) is 3.68. The van der Waals surface area contributed by atoms with Crippen LogP contribution in [0.3, 0.4) is 0 Å². The molecule has 1 atom stereocenters. The summed E-state index contributed by atoms with van der Waals surface area (Å²) in [6, 6.07) is 5.17. The number of nitrogens with zero attached hydrogens (tertiary/aromatic N) is 4. The zero-order valence-electron chi connectivity index (χ0n) is 16.0. The molecule has 2 heterocycles. The molecule has 1 aromatic carbocycles. The summed E-state index contributed by atoms with van der Waals surface area (Å²) in [5.41, 5.74) is 2.82. The smallest absolute Gasteiger partial charge is 0.131 e. The van der Waals surface area contributed by atoms with Crippen LogP contribution in [0.5, 0.6) is 5.75 Å². The lowest BCUT2D eigenvalue weighted by atomic mass is 10.0. The van der Waals surface area contributed by atoms with Crippen LogP contribution in [0.2, 0.25) is 0 Å². The zero-order chi connectivity index (χ0) is 18.7. The van der Waals surface area contributed by atoms with Crippen molar-refractivity contribution < 1.29 is 9.13 Å². The summed E-state index contributed by atoms with van der Waals surface area (Å²) in [7, 11) is 5.67. The Balaban J connectivity index is 1.91. The van der Waals surface area contributed by atoms with Crippen molar-refractivity contribution in [2.45, 2.75) is 38.9 Å². The molecule has 3 rings (SSSR count). The third kappa shape index (κ3) is 4.02. The van der Waals surface area contributed by atoms with E-state index in [4.69, 9.17) is 9.72 Å². The highest BCUT2D eigenvalue weighted by atomic mass is 19.1. The van der Waals surface area contributed by atoms with Crippen molar-refractivity contribution in [1.82, 2.24) is 19.8 Å². The highest BCUT2D eigenvalue weighted by Crippen LogP contribution is 2.36. The molecule has 0 radical (unpaired) electrons. The van der Waals surface area contributed by atoms with E-state index >= 15 is 0 Å². The average Bonchev–Trinajstić information content (AvgIpc) is 3.06. The van der Waals surface area contributed by atoms with Gasteiger partial charge in [-0.2, -0.15) is 0 Å². The lowest BCUT2D eigenvalue weighted by molar-refractivity contribution is 0.234. The number of benzene rings is 1. The molecule has 0 N–H and O–H groups in total. The second kappa shape index (κ2) is 8.10. The van der Waals surface area contributed by atoms with Gasteiger partial charge in [0.1, 0.15) is 17.4 Å². The van der Waals surface area contributed by atoms with Crippen molar-refractivity contribution in [3.63, 3.8) is 0 Å². The molecule has 0 spiro atoms. The molecule has 140 valence electrons. The van der Waals surface area contributed by atoms with E-state index in [1.165, 1.54) is 6.07 Å². The van der Waals surface area contributed by atoms with Crippen LogP contribution < -0.4 is 4.74 Å². The average molecular weight is 358 g/mol. The van der Waals surface area contributed by atoms with E-state index in [0.29, 0.717) is 17.9 Å². The number of likely N-dealkylation sites (tertiary alicyclic amines) is 1. The first-order valence-electron chi connectivity index (χ1n) is 9.02. The molecule has 6 heteroatoms. The van der Waals surface area contributed by atoms with Crippen LogP contribution >= 0.6 is 0 Å². The number of hydrogen-bond donors (Lipinski definition) is 0. The molecule has 1 saturated heterocycles. The van der Waals surface area contributed by atoms with Crippen LogP contribution in [0.4, 0.5) is 4.39 Å². The molecule has 1 aromatic heterocycles. The number of aromatic nitrogens is 2. The van der Waals surface area contributed by atoms with E-state index in [0.717, 1.165) is 43.0 Å². The summed E-state index contributed by atoms with van der Waals surface area (Å²) in [5, 5.41) is 0. The van der Waals surface area contributed by atoms with E-state index in [1.807, 2.05) is 33.3 Å². The van der Waals surface area contributed by atoms with Crippen molar-refractivity contribution in [2.24, 2.45) is 0 Å². The first-order valence-corrected chi connectivity index (χ1v) is 9.02. The van der Waals surface area contributed by atoms with Crippen molar-refractivity contribution in [3.8, 4) is 5.75 Å².